The Morgan fingerprint density at radius 3 is 2.46 bits per heavy atom. The first kappa shape index (κ1) is 47.1. The number of alkyl carbamates (subject to hydrolysis) is 1. The monoisotopic (exact) mass is 937 g/mol. The summed E-state index contributed by atoms with van der Waals surface area (Å²) < 4.78 is 24.6. The number of hydrogen-bond acceptors (Lipinski definition) is 13. The van der Waals surface area contributed by atoms with Crippen LogP contribution in [0, 0.1) is 23.2 Å². The van der Waals surface area contributed by atoms with Gasteiger partial charge in [0, 0.05) is 47.9 Å². The number of aliphatic carboxylic acids is 1. The van der Waals surface area contributed by atoms with Crippen molar-refractivity contribution >= 4 is 62.8 Å². The number of ether oxygens (including phenoxy) is 4. The van der Waals surface area contributed by atoms with Crippen LogP contribution in [0.1, 0.15) is 93.9 Å². The minimum absolute atomic E-state index is 0.0331. The lowest BCUT2D eigenvalue weighted by Gasteiger charge is -2.41. The van der Waals surface area contributed by atoms with Gasteiger partial charge in [-0.1, -0.05) is 45.7 Å². The second-order valence-corrected chi connectivity index (χ2v) is 21.8. The fourth-order valence-electron chi connectivity index (χ4n) is 9.85. The van der Waals surface area contributed by atoms with E-state index in [9.17, 15) is 24.3 Å². The topological polar surface area (TPSA) is 194 Å². The highest BCUT2D eigenvalue weighted by Gasteiger charge is 2.61. The van der Waals surface area contributed by atoms with Crippen LogP contribution >= 0.6 is 22.9 Å². The van der Waals surface area contributed by atoms with E-state index in [-0.39, 0.29) is 36.6 Å². The van der Waals surface area contributed by atoms with Crippen molar-refractivity contribution in [2.45, 2.75) is 135 Å². The van der Waals surface area contributed by atoms with Crippen molar-refractivity contribution in [3.05, 3.63) is 28.6 Å². The van der Waals surface area contributed by atoms with E-state index in [4.69, 9.17) is 40.5 Å². The number of nitrogens with one attached hydrogen (secondary N) is 3. The van der Waals surface area contributed by atoms with E-state index in [2.05, 4.69) is 34.7 Å². The van der Waals surface area contributed by atoms with Crippen molar-refractivity contribution in [3.8, 4) is 22.9 Å². The Kier molecular flexibility index (Phi) is 13.3. The van der Waals surface area contributed by atoms with Crippen LogP contribution in [0.3, 0.4) is 0 Å². The molecule has 4 N–H and O–H groups in total. The third kappa shape index (κ3) is 10.1. The third-order valence-corrected chi connectivity index (χ3v) is 14.9. The zero-order valence-electron chi connectivity index (χ0n) is 38.7. The molecule has 2 aliphatic heterocycles. The van der Waals surface area contributed by atoms with E-state index in [0.29, 0.717) is 89.9 Å². The number of carboxylic acid groups (broad SMARTS) is 1. The molecule has 5 aliphatic rings. The van der Waals surface area contributed by atoms with Crippen molar-refractivity contribution in [2.75, 3.05) is 44.8 Å². The number of aromatic nitrogens is 2. The molecule has 4 heterocycles. The van der Waals surface area contributed by atoms with Gasteiger partial charge in [0.15, 0.2) is 5.13 Å². The lowest BCUT2D eigenvalue weighted by molar-refractivity contribution is -0.146. The number of fused-ring (bicyclic) bond motifs is 2. The average molecular weight is 939 g/mol. The summed E-state index contributed by atoms with van der Waals surface area (Å²) in [7, 11) is 0. The minimum Gasteiger partial charge on any atom is -0.491 e. The average Bonchev–Trinajstić information content (AvgIpc) is 3.91. The van der Waals surface area contributed by atoms with E-state index in [1.165, 1.54) is 22.7 Å². The Balaban J connectivity index is 1.09. The number of carbonyl (C=O) groups excluding carboxylic acids is 3. The highest BCUT2D eigenvalue weighted by atomic mass is 35.5. The van der Waals surface area contributed by atoms with Gasteiger partial charge >= 0.3 is 12.1 Å². The molecule has 2 saturated heterocycles. The molecule has 0 spiro atoms. The van der Waals surface area contributed by atoms with Crippen LogP contribution in [0.5, 0.6) is 11.5 Å². The second kappa shape index (κ2) is 18.3. The fourth-order valence-corrected chi connectivity index (χ4v) is 11.0. The van der Waals surface area contributed by atoms with Gasteiger partial charge in [-0.25, -0.2) is 19.6 Å². The van der Waals surface area contributed by atoms with Gasteiger partial charge in [0.2, 0.25) is 11.8 Å². The largest absolute Gasteiger partial charge is 0.491 e. The van der Waals surface area contributed by atoms with Gasteiger partial charge in [0.1, 0.15) is 58.7 Å². The molecule has 18 heteroatoms. The summed E-state index contributed by atoms with van der Waals surface area (Å²) in [5.74, 6) is -0.397. The van der Waals surface area contributed by atoms with Gasteiger partial charge in [-0.2, -0.15) is 0 Å². The van der Waals surface area contributed by atoms with Crippen LogP contribution in [0.15, 0.2) is 23.6 Å². The minimum atomic E-state index is -1.42. The number of hydrogen-bond donors (Lipinski definition) is 4. The maximum absolute atomic E-state index is 14.8. The Bertz CT molecular complexity index is 2290. The number of amides is 3. The molecule has 354 valence electrons. The number of halogens is 1. The van der Waals surface area contributed by atoms with Gasteiger partial charge in [-0.05, 0) is 88.7 Å². The highest BCUT2D eigenvalue weighted by Crippen LogP contribution is 2.52. The molecule has 8 rings (SSSR count). The van der Waals surface area contributed by atoms with Crippen LogP contribution in [-0.2, 0) is 23.9 Å². The highest BCUT2D eigenvalue weighted by molar-refractivity contribution is 7.14. The molecule has 3 saturated carbocycles. The van der Waals surface area contributed by atoms with E-state index < -0.39 is 53.0 Å². The van der Waals surface area contributed by atoms with Crippen molar-refractivity contribution < 1.29 is 43.2 Å². The Morgan fingerprint density at radius 1 is 1.05 bits per heavy atom. The Hall–Kier alpha value is -4.45. The van der Waals surface area contributed by atoms with Gasteiger partial charge in [-0.3, -0.25) is 14.5 Å². The molecule has 0 radical (unpaired) electrons. The molecule has 65 heavy (non-hydrogen) atoms. The molecule has 2 aromatic heterocycles. The Morgan fingerprint density at radius 2 is 1.80 bits per heavy atom. The van der Waals surface area contributed by atoms with Crippen molar-refractivity contribution in [1.82, 2.24) is 30.4 Å². The molecule has 3 aliphatic carbocycles. The lowest BCUT2D eigenvalue weighted by atomic mass is 9.85. The molecular weight excluding hydrogens is 874 g/mol. The molecule has 16 nitrogen and oxygen atoms in total. The number of benzene rings is 1. The molecule has 1 aromatic carbocycles. The number of carboxylic acids is 1. The maximum atomic E-state index is 14.8. The molecule has 0 bridgehead atoms. The number of nitrogens with zero attached hydrogens (tertiary/aromatic N) is 4. The third-order valence-electron chi connectivity index (χ3n) is 13.8. The van der Waals surface area contributed by atoms with Crippen molar-refractivity contribution in [3.63, 3.8) is 0 Å². The number of carbonyl (C=O) groups is 4. The molecule has 3 aromatic rings. The number of pyridine rings is 1. The van der Waals surface area contributed by atoms with E-state index in [1.807, 2.05) is 53.0 Å². The van der Waals surface area contributed by atoms with Crippen molar-refractivity contribution in [2.24, 2.45) is 23.2 Å². The number of rotatable bonds is 16. The predicted octanol–water partition coefficient (Wildman–Crippen LogP) is 6.98. The standard InChI is InChI=1S/C47H64ClN7O9S/c1-9-28-21-47(28,42(58)59)53-40(56)34-19-30(22-55(34)41(57)39(45(4,5)6)52-44(60)64-29-17-26-16-27(26)18-29)63-36-20-32(33-23-65-43(51-33)49-25(2)3)50-38-31(36)10-11-35(37(38)48)62-15-13-54-12-14-61-24-46(54,7)8/h10-11,20,23,25-30,34,39H,9,12-19,21-22,24H2,1-8H3,(H,49,51)(H,52,60)(H,53,56)(H,58,59)/t26-,27+,28-,29?,30-,34+,39-,47-/m1/s1. The van der Waals surface area contributed by atoms with Gasteiger partial charge in [-0.15, -0.1) is 11.3 Å². The zero-order chi connectivity index (χ0) is 46.6. The molecule has 5 fully saturated rings. The number of anilines is 1. The van der Waals surface area contributed by atoms with Gasteiger partial charge in [0.05, 0.1) is 31.0 Å². The number of morpholine rings is 1. The summed E-state index contributed by atoms with van der Waals surface area (Å²) in [5, 5.41) is 22.8. The number of likely N-dealkylation sites (tertiary alicyclic amines) is 1. The van der Waals surface area contributed by atoms with E-state index in [0.717, 1.165) is 24.5 Å². The maximum Gasteiger partial charge on any atom is 0.408 e. The molecule has 3 amide bonds. The first-order chi connectivity index (χ1) is 30.8. The quantitative estimate of drug-likeness (QED) is 0.115. The second-order valence-electron chi connectivity index (χ2n) is 20.6. The molecule has 8 atom stereocenters. The SMILES string of the molecule is CC[C@@H]1C[C@]1(NC(=O)[C@@H]1C[C@@H](Oc2cc(-c3csc(NC(C)C)n3)nc3c(Cl)c(OCCN4CCOCC4(C)C)ccc23)CN1C(=O)[C@@H](NC(=O)OC1C[C@@H]2C[C@@H]2C1)C(C)(C)C)C(=O)O. The summed E-state index contributed by atoms with van der Waals surface area (Å²) in [6, 6.07) is 3.38. The van der Waals surface area contributed by atoms with Crippen molar-refractivity contribution in [1.29, 1.82) is 0 Å². The van der Waals surface area contributed by atoms with Gasteiger partial charge < -0.3 is 44.9 Å². The van der Waals surface area contributed by atoms with Crippen LogP contribution in [0.25, 0.3) is 22.3 Å². The summed E-state index contributed by atoms with van der Waals surface area (Å²) in [6.45, 7) is 18.9. The van der Waals surface area contributed by atoms with Crippen LogP contribution in [-0.4, -0.2) is 130 Å². The zero-order valence-corrected chi connectivity index (χ0v) is 40.3. The van der Waals surface area contributed by atoms with Crippen LogP contribution < -0.4 is 25.4 Å². The normalized spacial score (nSPS) is 27.5. The predicted molar refractivity (Wildman–Crippen MR) is 248 cm³/mol. The molecule has 1 unspecified atom stereocenters. The van der Waals surface area contributed by atoms with Gasteiger partial charge in [0.25, 0.3) is 0 Å². The summed E-state index contributed by atoms with van der Waals surface area (Å²) in [4.78, 5) is 68.7. The van der Waals surface area contributed by atoms with Crippen LogP contribution in [0.2, 0.25) is 5.02 Å². The fraction of sp³-hybridized carbons (Fsp3) is 0.660. The summed E-state index contributed by atoms with van der Waals surface area (Å²) >= 11 is 8.61. The van der Waals surface area contributed by atoms with E-state index in [1.54, 1.807) is 12.1 Å². The molecular formula is C47H64ClN7O9S. The van der Waals surface area contributed by atoms with E-state index >= 15 is 0 Å². The first-order valence-electron chi connectivity index (χ1n) is 23.1. The summed E-state index contributed by atoms with van der Waals surface area (Å²) in [6.07, 6.45) is 2.09. The number of thiazole rings is 1. The smallest absolute Gasteiger partial charge is 0.408 e. The summed E-state index contributed by atoms with van der Waals surface area (Å²) in [5.41, 5.74) is -0.832. The first-order valence-corrected chi connectivity index (χ1v) is 24.3. The Labute approximate surface area is 389 Å². The lowest BCUT2D eigenvalue weighted by Crippen LogP contribution is -2.59. The van der Waals surface area contributed by atoms with Crippen LogP contribution in [0.4, 0.5) is 9.93 Å².